The van der Waals surface area contributed by atoms with E-state index in [9.17, 15) is 13.6 Å². The van der Waals surface area contributed by atoms with Crippen molar-refractivity contribution in [3.05, 3.63) is 76.5 Å². The van der Waals surface area contributed by atoms with Crippen LogP contribution in [0.5, 0.6) is 0 Å². The summed E-state index contributed by atoms with van der Waals surface area (Å²) in [7, 11) is 0. The zero-order chi connectivity index (χ0) is 16.4. The van der Waals surface area contributed by atoms with Crippen LogP contribution in [0, 0.1) is 11.6 Å². The smallest absolute Gasteiger partial charge is 0.363 e. The molecule has 1 heterocycles. The predicted octanol–water partition coefficient (Wildman–Crippen LogP) is 3.87. The Morgan fingerprint density at radius 1 is 1.09 bits per heavy atom. The van der Waals surface area contributed by atoms with Gasteiger partial charge in [0, 0.05) is 5.56 Å². The standard InChI is InChI=1S/C18H13F2NO2/c1-2-11-3-5-12(6-4-11)9-16-18(22)23-17(21-16)13-7-8-14(19)15(20)10-13/h3-10H,2H2,1H3/b16-9+. The number of carbonyl (C=O) groups excluding carboxylic acids is 1. The molecule has 3 rings (SSSR count). The van der Waals surface area contributed by atoms with Gasteiger partial charge in [0.15, 0.2) is 17.3 Å². The van der Waals surface area contributed by atoms with E-state index in [1.807, 2.05) is 24.3 Å². The molecule has 0 aliphatic carbocycles. The number of benzene rings is 2. The van der Waals surface area contributed by atoms with E-state index in [2.05, 4.69) is 11.9 Å². The Morgan fingerprint density at radius 3 is 2.48 bits per heavy atom. The zero-order valence-corrected chi connectivity index (χ0v) is 12.3. The molecule has 0 fully saturated rings. The molecule has 0 amide bonds. The van der Waals surface area contributed by atoms with Gasteiger partial charge in [0.25, 0.3) is 0 Å². The highest BCUT2D eigenvalue weighted by atomic mass is 19.2. The van der Waals surface area contributed by atoms with Crippen molar-refractivity contribution in [1.82, 2.24) is 0 Å². The maximum atomic E-state index is 13.3. The summed E-state index contributed by atoms with van der Waals surface area (Å²) < 4.78 is 31.2. The second-order valence-electron chi connectivity index (χ2n) is 5.06. The number of esters is 1. The van der Waals surface area contributed by atoms with Crippen LogP contribution in [0.1, 0.15) is 23.6 Å². The number of halogens is 2. The van der Waals surface area contributed by atoms with Crippen LogP contribution < -0.4 is 0 Å². The van der Waals surface area contributed by atoms with Crippen LogP contribution in [0.4, 0.5) is 8.78 Å². The summed E-state index contributed by atoms with van der Waals surface area (Å²) in [5.41, 5.74) is 2.33. The molecule has 0 unspecified atom stereocenters. The highest BCUT2D eigenvalue weighted by Crippen LogP contribution is 2.20. The van der Waals surface area contributed by atoms with Crippen molar-refractivity contribution in [3.8, 4) is 0 Å². The minimum absolute atomic E-state index is 0.0367. The van der Waals surface area contributed by atoms with Crippen LogP contribution in [0.3, 0.4) is 0 Å². The van der Waals surface area contributed by atoms with E-state index in [1.54, 1.807) is 6.08 Å². The SMILES string of the molecule is CCc1ccc(/C=C2/N=C(c3ccc(F)c(F)c3)OC2=O)cc1. The Labute approximate surface area is 131 Å². The van der Waals surface area contributed by atoms with Gasteiger partial charge in [-0.3, -0.25) is 0 Å². The third kappa shape index (κ3) is 3.18. The third-order valence-electron chi connectivity index (χ3n) is 3.48. The van der Waals surface area contributed by atoms with Gasteiger partial charge in [-0.15, -0.1) is 0 Å². The van der Waals surface area contributed by atoms with E-state index in [1.165, 1.54) is 11.6 Å². The number of aryl methyl sites for hydroxylation is 1. The maximum Gasteiger partial charge on any atom is 0.363 e. The zero-order valence-electron chi connectivity index (χ0n) is 12.3. The van der Waals surface area contributed by atoms with E-state index >= 15 is 0 Å². The molecule has 0 atom stereocenters. The number of rotatable bonds is 3. The summed E-state index contributed by atoms with van der Waals surface area (Å²) in [6, 6.07) is 10.9. The molecule has 2 aromatic carbocycles. The van der Waals surface area contributed by atoms with Gasteiger partial charge in [-0.25, -0.2) is 18.6 Å². The van der Waals surface area contributed by atoms with Gasteiger partial charge < -0.3 is 4.74 Å². The molecule has 0 saturated carbocycles. The summed E-state index contributed by atoms with van der Waals surface area (Å²) in [6.07, 6.45) is 2.52. The average Bonchev–Trinajstić information content (AvgIpc) is 2.92. The Balaban J connectivity index is 1.90. The predicted molar refractivity (Wildman–Crippen MR) is 82.8 cm³/mol. The van der Waals surface area contributed by atoms with E-state index in [0.29, 0.717) is 0 Å². The lowest BCUT2D eigenvalue weighted by Gasteiger charge is -1.99. The van der Waals surface area contributed by atoms with Crippen molar-refractivity contribution < 1.29 is 18.3 Å². The van der Waals surface area contributed by atoms with Crippen LogP contribution in [0.15, 0.2) is 53.2 Å². The molecular formula is C18H13F2NO2. The normalized spacial score (nSPS) is 15.7. The fourth-order valence-electron chi connectivity index (χ4n) is 2.17. The van der Waals surface area contributed by atoms with E-state index in [0.717, 1.165) is 24.1 Å². The Bertz CT molecular complexity index is 823. The van der Waals surface area contributed by atoms with Crippen LogP contribution in [0.2, 0.25) is 0 Å². The van der Waals surface area contributed by atoms with Gasteiger partial charge >= 0.3 is 5.97 Å². The third-order valence-corrected chi connectivity index (χ3v) is 3.48. The lowest BCUT2D eigenvalue weighted by atomic mass is 10.1. The lowest BCUT2D eigenvalue weighted by molar-refractivity contribution is -0.129. The van der Waals surface area contributed by atoms with Crippen LogP contribution >= 0.6 is 0 Å². The topological polar surface area (TPSA) is 38.7 Å². The molecule has 1 aliphatic heterocycles. The average molecular weight is 313 g/mol. The van der Waals surface area contributed by atoms with Crippen LogP contribution in [-0.2, 0) is 16.0 Å². The minimum atomic E-state index is -1.02. The second kappa shape index (κ2) is 6.12. The van der Waals surface area contributed by atoms with Crippen LogP contribution in [0.25, 0.3) is 6.08 Å². The van der Waals surface area contributed by atoms with E-state index in [-0.39, 0.29) is 17.2 Å². The van der Waals surface area contributed by atoms with Crippen molar-refractivity contribution in [2.75, 3.05) is 0 Å². The number of aliphatic imine (C=N–C) groups is 1. The first-order valence-corrected chi connectivity index (χ1v) is 7.13. The second-order valence-corrected chi connectivity index (χ2v) is 5.06. The molecule has 0 bridgehead atoms. The molecule has 3 nitrogen and oxygen atoms in total. The van der Waals surface area contributed by atoms with Gasteiger partial charge in [0.2, 0.25) is 5.90 Å². The Kier molecular flexibility index (Phi) is 4.02. The number of nitrogens with zero attached hydrogens (tertiary/aromatic N) is 1. The van der Waals surface area contributed by atoms with Gasteiger partial charge in [0.1, 0.15) is 0 Å². The van der Waals surface area contributed by atoms with Crippen molar-refractivity contribution >= 4 is 17.9 Å². The van der Waals surface area contributed by atoms with Crippen molar-refractivity contribution in [2.45, 2.75) is 13.3 Å². The first-order chi connectivity index (χ1) is 11.1. The molecule has 0 N–H and O–H groups in total. The Morgan fingerprint density at radius 2 is 1.83 bits per heavy atom. The molecule has 1 aliphatic rings. The molecule has 0 radical (unpaired) electrons. The fourth-order valence-corrected chi connectivity index (χ4v) is 2.17. The fraction of sp³-hybridized carbons (Fsp3) is 0.111. The molecule has 5 heteroatoms. The summed E-state index contributed by atoms with van der Waals surface area (Å²) in [4.78, 5) is 15.9. The van der Waals surface area contributed by atoms with E-state index < -0.39 is 17.6 Å². The van der Waals surface area contributed by atoms with Crippen molar-refractivity contribution in [3.63, 3.8) is 0 Å². The highest BCUT2D eigenvalue weighted by Gasteiger charge is 2.24. The molecule has 116 valence electrons. The maximum absolute atomic E-state index is 13.3. The van der Waals surface area contributed by atoms with Crippen molar-refractivity contribution in [2.24, 2.45) is 4.99 Å². The number of ether oxygens (including phenoxy) is 1. The number of hydrogen-bond acceptors (Lipinski definition) is 3. The molecule has 2 aromatic rings. The number of hydrogen-bond donors (Lipinski definition) is 0. The molecule has 0 aromatic heterocycles. The first kappa shape index (κ1) is 15.1. The monoisotopic (exact) mass is 313 g/mol. The van der Waals surface area contributed by atoms with Gasteiger partial charge in [-0.05, 0) is 41.8 Å². The molecule has 0 saturated heterocycles. The van der Waals surface area contributed by atoms with Crippen LogP contribution in [-0.4, -0.2) is 11.9 Å². The summed E-state index contributed by atoms with van der Waals surface area (Å²) in [5, 5.41) is 0. The number of carbonyl (C=O) groups is 1. The first-order valence-electron chi connectivity index (χ1n) is 7.13. The largest absolute Gasteiger partial charge is 0.402 e. The molecule has 0 spiro atoms. The quantitative estimate of drug-likeness (QED) is 0.637. The molecular weight excluding hydrogens is 300 g/mol. The van der Waals surface area contributed by atoms with Gasteiger partial charge in [0.05, 0.1) is 0 Å². The Hall–Kier alpha value is -2.82. The van der Waals surface area contributed by atoms with Crippen molar-refractivity contribution in [1.29, 1.82) is 0 Å². The molecule has 23 heavy (non-hydrogen) atoms. The van der Waals surface area contributed by atoms with Gasteiger partial charge in [-0.2, -0.15) is 0 Å². The summed E-state index contributed by atoms with van der Waals surface area (Å²) in [6.45, 7) is 2.06. The number of cyclic esters (lactones) is 1. The lowest BCUT2D eigenvalue weighted by Crippen LogP contribution is -2.06. The highest BCUT2D eigenvalue weighted by molar-refractivity contribution is 6.12. The van der Waals surface area contributed by atoms with Gasteiger partial charge in [-0.1, -0.05) is 31.2 Å². The van der Waals surface area contributed by atoms with E-state index in [4.69, 9.17) is 4.74 Å². The minimum Gasteiger partial charge on any atom is -0.402 e. The summed E-state index contributed by atoms with van der Waals surface area (Å²) >= 11 is 0. The summed E-state index contributed by atoms with van der Waals surface area (Å²) in [5.74, 6) is -2.64.